The Morgan fingerprint density at radius 2 is 2.03 bits per heavy atom. The van der Waals surface area contributed by atoms with Crippen LogP contribution in [0.1, 0.15) is 31.4 Å². The molecule has 1 aliphatic carbocycles. The number of nitrogens with zero attached hydrogens (tertiary/aromatic N) is 2. The van der Waals surface area contributed by atoms with E-state index in [1.165, 1.54) is 25.7 Å². The van der Waals surface area contributed by atoms with Gasteiger partial charge in [-0.2, -0.15) is 0 Å². The quantitative estimate of drug-likeness (QED) is 0.656. The second-order valence-corrected chi connectivity index (χ2v) is 8.86. The molecule has 5 rings (SSSR count). The number of amides is 1. The Bertz CT molecular complexity index is 927. The summed E-state index contributed by atoms with van der Waals surface area (Å²) in [5.74, 6) is 1.58. The van der Waals surface area contributed by atoms with Gasteiger partial charge in [0.15, 0.2) is 0 Å². The zero-order chi connectivity index (χ0) is 19.8. The van der Waals surface area contributed by atoms with Crippen molar-refractivity contribution < 1.29 is 9.53 Å². The Morgan fingerprint density at radius 1 is 1.14 bits per heavy atom. The lowest BCUT2D eigenvalue weighted by molar-refractivity contribution is 0.0472. The number of halogens is 1. The normalized spacial score (nSPS) is 28.9. The molecular formula is C24H25ClN2O2. The number of hydrogen-bond donors (Lipinski definition) is 0. The minimum atomic E-state index is -0.138. The Morgan fingerprint density at radius 3 is 2.86 bits per heavy atom. The van der Waals surface area contributed by atoms with Crippen LogP contribution in [0.25, 0.3) is 17.2 Å². The maximum Gasteiger partial charge on any atom is 0.410 e. The van der Waals surface area contributed by atoms with E-state index in [4.69, 9.17) is 16.3 Å². The first kappa shape index (κ1) is 18.7. The van der Waals surface area contributed by atoms with E-state index in [0.29, 0.717) is 24.4 Å². The molecule has 3 heterocycles. The van der Waals surface area contributed by atoms with Gasteiger partial charge in [0.2, 0.25) is 0 Å². The molecule has 3 aliphatic rings. The van der Waals surface area contributed by atoms with Crippen LogP contribution in [0.15, 0.2) is 48.7 Å². The number of hydrogen-bond acceptors (Lipinski definition) is 3. The summed E-state index contributed by atoms with van der Waals surface area (Å²) in [6.07, 6.45) is 11.2. The van der Waals surface area contributed by atoms with E-state index < -0.39 is 0 Å². The molecule has 2 saturated heterocycles. The molecule has 2 aromatic rings. The van der Waals surface area contributed by atoms with E-state index in [9.17, 15) is 4.79 Å². The predicted molar refractivity (Wildman–Crippen MR) is 114 cm³/mol. The standard InChI is InChI=1S/C24H25ClN2O2/c25-19-6-3-5-16(12-19)17-8-9-20(26-13-17)10-11-22-21-7-2-1-4-18(21)14-27-23(22)15-29-24(27)28/h3,5-6,8-13,18,21-23H,1-2,4,7,14-15H2/t18?,21?,22?,23-/m1/s1. The highest BCUT2D eigenvalue weighted by atomic mass is 35.5. The first-order valence-corrected chi connectivity index (χ1v) is 10.9. The van der Waals surface area contributed by atoms with Crippen molar-refractivity contribution in [2.45, 2.75) is 31.7 Å². The van der Waals surface area contributed by atoms with Crippen LogP contribution in [-0.2, 0) is 4.74 Å². The minimum Gasteiger partial charge on any atom is -0.447 e. The van der Waals surface area contributed by atoms with Gasteiger partial charge in [0.05, 0.1) is 11.7 Å². The van der Waals surface area contributed by atoms with Gasteiger partial charge in [-0.1, -0.05) is 48.7 Å². The van der Waals surface area contributed by atoms with Crippen LogP contribution in [-0.4, -0.2) is 35.2 Å². The molecule has 5 heteroatoms. The Hall–Kier alpha value is -2.33. The zero-order valence-corrected chi connectivity index (χ0v) is 17.1. The molecule has 1 aromatic carbocycles. The summed E-state index contributed by atoms with van der Waals surface area (Å²) in [6, 6.07) is 12.1. The fraction of sp³-hybridized carbons (Fsp3) is 0.417. The van der Waals surface area contributed by atoms with Crippen molar-refractivity contribution in [3.05, 3.63) is 59.4 Å². The van der Waals surface area contributed by atoms with E-state index in [1.807, 2.05) is 41.4 Å². The number of aromatic nitrogens is 1. The number of rotatable bonds is 3. The molecule has 0 N–H and O–H groups in total. The fourth-order valence-electron chi connectivity index (χ4n) is 5.32. The topological polar surface area (TPSA) is 42.4 Å². The van der Waals surface area contributed by atoms with Crippen molar-refractivity contribution >= 4 is 23.8 Å². The summed E-state index contributed by atoms with van der Waals surface area (Å²) in [4.78, 5) is 18.8. The fourth-order valence-corrected chi connectivity index (χ4v) is 5.52. The second-order valence-electron chi connectivity index (χ2n) is 8.42. The number of carbonyl (C=O) groups is 1. The van der Waals surface area contributed by atoms with Gasteiger partial charge in [0.1, 0.15) is 6.61 Å². The van der Waals surface area contributed by atoms with Crippen LogP contribution >= 0.6 is 11.6 Å². The molecule has 3 unspecified atom stereocenters. The van der Waals surface area contributed by atoms with Gasteiger partial charge < -0.3 is 9.64 Å². The molecule has 2 aliphatic heterocycles. The maximum atomic E-state index is 12.2. The van der Waals surface area contributed by atoms with E-state index in [2.05, 4.69) is 23.2 Å². The lowest BCUT2D eigenvalue weighted by atomic mass is 9.67. The number of cyclic esters (lactones) is 1. The highest BCUT2D eigenvalue weighted by Crippen LogP contribution is 2.44. The van der Waals surface area contributed by atoms with Crippen LogP contribution < -0.4 is 0 Å². The monoisotopic (exact) mass is 408 g/mol. The summed E-state index contributed by atoms with van der Waals surface area (Å²) in [5, 5.41) is 0.726. The third-order valence-electron chi connectivity index (χ3n) is 6.78. The largest absolute Gasteiger partial charge is 0.447 e. The molecule has 1 amide bonds. The SMILES string of the molecule is O=C1OC[C@@H]2C(C=Cc3ccc(-c4cccc(Cl)c4)cn3)C3CCCCC3CN12. The van der Waals surface area contributed by atoms with E-state index >= 15 is 0 Å². The third-order valence-corrected chi connectivity index (χ3v) is 7.02. The summed E-state index contributed by atoms with van der Waals surface area (Å²) < 4.78 is 5.39. The number of fused-ring (bicyclic) bond motifs is 2. The van der Waals surface area contributed by atoms with Crippen LogP contribution in [0.5, 0.6) is 0 Å². The minimum absolute atomic E-state index is 0.138. The molecule has 4 atom stereocenters. The molecule has 0 spiro atoms. The summed E-state index contributed by atoms with van der Waals surface area (Å²) in [6.45, 7) is 1.38. The smallest absolute Gasteiger partial charge is 0.410 e. The van der Waals surface area contributed by atoms with Crippen molar-refractivity contribution in [3.8, 4) is 11.1 Å². The van der Waals surface area contributed by atoms with Crippen molar-refractivity contribution in [2.24, 2.45) is 17.8 Å². The molecule has 3 fully saturated rings. The van der Waals surface area contributed by atoms with Gasteiger partial charge in [0.25, 0.3) is 0 Å². The molecule has 29 heavy (non-hydrogen) atoms. The Kier molecular flexibility index (Phi) is 5.04. The van der Waals surface area contributed by atoms with Gasteiger partial charge in [0, 0.05) is 29.2 Å². The summed E-state index contributed by atoms with van der Waals surface area (Å²) in [7, 11) is 0. The lowest BCUT2D eigenvalue weighted by Gasteiger charge is -2.46. The predicted octanol–water partition coefficient (Wildman–Crippen LogP) is 5.67. The van der Waals surface area contributed by atoms with Crippen molar-refractivity contribution in [1.82, 2.24) is 9.88 Å². The number of pyridine rings is 1. The molecule has 1 aromatic heterocycles. The highest BCUT2D eigenvalue weighted by molar-refractivity contribution is 6.30. The van der Waals surface area contributed by atoms with Crippen LogP contribution in [0.2, 0.25) is 5.02 Å². The van der Waals surface area contributed by atoms with Gasteiger partial charge >= 0.3 is 6.09 Å². The molecule has 1 saturated carbocycles. The summed E-state index contributed by atoms with van der Waals surface area (Å²) >= 11 is 6.10. The molecular weight excluding hydrogens is 384 g/mol. The van der Waals surface area contributed by atoms with Crippen LogP contribution in [0.3, 0.4) is 0 Å². The van der Waals surface area contributed by atoms with Crippen molar-refractivity contribution in [2.75, 3.05) is 13.2 Å². The first-order chi connectivity index (χ1) is 14.2. The number of benzene rings is 1. The number of ether oxygens (including phenoxy) is 1. The van der Waals surface area contributed by atoms with Gasteiger partial charge in [-0.15, -0.1) is 0 Å². The number of carbonyl (C=O) groups excluding carboxylic acids is 1. The molecule has 0 radical (unpaired) electrons. The van der Waals surface area contributed by atoms with Crippen LogP contribution in [0, 0.1) is 17.8 Å². The number of piperidine rings is 1. The first-order valence-electron chi connectivity index (χ1n) is 10.5. The van der Waals surface area contributed by atoms with Crippen LogP contribution in [0.4, 0.5) is 4.79 Å². The molecule has 150 valence electrons. The van der Waals surface area contributed by atoms with Crippen molar-refractivity contribution in [3.63, 3.8) is 0 Å². The van der Waals surface area contributed by atoms with Gasteiger partial charge in [-0.05, 0) is 54.5 Å². The Balaban J connectivity index is 1.37. The zero-order valence-electron chi connectivity index (χ0n) is 16.3. The third kappa shape index (κ3) is 3.66. The molecule has 4 nitrogen and oxygen atoms in total. The van der Waals surface area contributed by atoms with Gasteiger partial charge in [-0.25, -0.2) is 4.79 Å². The summed E-state index contributed by atoms with van der Waals surface area (Å²) in [5.41, 5.74) is 3.05. The average Bonchev–Trinajstić information content (AvgIpc) is 3.12. The van der Waals surface area contributed by atoms with Gasteiger partial charge in [-0.3, -0.25) is 4.98 Å². The Labute approximate surface area is 176 Å². The van der Waals surface area contributed by atoms with Crippen molar-refractivity contribution in [1.29, 1.82) is 0 Å². The van der Waals surface area contributed by atoms with E-state index in [-0.39, 0.29) is 12.1 Å². The van der Waals surface area contributed by atoms with E-state index in [1.54, 1.807) is 0 Å². The lowest BCUT2D eigenvalue weighted by Crippen LogP contribution is -2.52. The van der Waals surface area contributed by atoms with E-state index in [0.717, 1.165) is 28.4 Å². The average molecular weight is 409 g/mol. The second kappa shape index (κ2) is 7.83. The molecule has 0 bridgehead atoms. The maximum absolute atomic E-state index is 12.2. The highest BCUT2D eigenvalue weighted by Gasteiger charge is 2.48.